The predicted molar refractivity (Wildman–Crippen MR) is 151 cm³/mol. The van der Waals surface area contributed by atoms with Crippen LogP contribution in [0.4, 0.5) is 10.5 Å². The Balaban J connectivity index is 1.75. The van der Waals surface area contributed by atoms with Crippen LogP contribution >= 0.6 is 77.7 Å². The number of nitrogens with zero attached hydrogens (tertiary/aromatic N) is 1. The number of urea groups is 1. The van der Waals surface area contributed by atoms with Crippen molar-refractivity contribution in [1.29, 1.82) is 0 Å². The lowest BCUT2D eigenvalue weighted by Crippen LogP contribution is -2.54. The highest BCUT2D eigenvalue weighted by Crippen LogP contribution is 2.36. The molecule has 3 aromatic rings. The molecule has 0 saturated carbocycles. The van der Waals surface area contributed by atoms with Gasteiger partial charge in [-0.2, -0.15) is 0 Å². The summed E-state index contributed by atoms with van der Waals surface area (Å²) in [6, 6.07) is 13.2. The number of barbiturate groups is 1. The number of hydrogen-bond donors (Lipinski definition) is 1. The van der Waals surface area contributed by atoms with Crippen molar-refractivity contribution < 1.29 is 23.9 Å². The average Bonchev–Trinajstić information content (AvgIpc) is 2.79. The molecule has 1 fully saturated rings. The highest BCUT2D eigenvalue weighted by atomic mass is 127. The Morgan fingerprint density at radius 3 is 2.36 bits per heavy atom. The number of ether oxygens (including phenoxy) is 1. The Kier molecular flexibility index (Phi) is 8.20. The van der Waals surface area contributed by atoms with Gasteiger partial charge in [0.1, 0.15) is 5.57 Å². The molecule has 182 valence electrons. The summed E-state index contributed by atoms with van der Waals surface area (Å²) in [5.74, 6) is -2.48. The Morgan fingerprint density at radius 1 is 1.00 bits per heavy atom. The molecule has 0 aliphatic carbocycles. The van der Waals surface area contributed by atoms with Crippen LogP contribution in [0, 0.1) is 3.57 Å². The number of benzene rings is 3. The summed E-state index contributed by atoms with van der Waals surface area (Å²) in [4.78, 5) is 52.1. The summed E-state index contributed by atoms with van der Waals surface area (Å²) >= 11 is 20.8. The molecule has 1 aliphatic rings. The van der Waals surface area contributed by atoms with Crippen LogP contribution in [0.15, 0.2) is 69.1 Å². The fourth-order valence-electron chi connectivity index (χ4n) is 3.24. The SMILES string of the molecule is O=C1NC(=O)N(c2ccc(I)cc2)C(=O)/C1=C\c1cc(Br)cc(Br)c1OC(=O)c1ccc(Cl)cc1Cl. The predicted octanol–water partition coefficient (Wildman–Crippen LogP) is 7.01. The zero-order chi connectivity index (χ0) is 26.1. The second kappa shape index (κ2) is 11.0. The summed E-state index contributed by atoms with van der Waals surface area (Å²) in [5.41, 5.74) is 0.234. The summed E-state index contributed by atoms with van der Waals surface area (Å²) in [7, 11) is 0. The van der Waals surface area contributed by atoms with Gasteiger partial charge < -0.3 is 4.74 Å². The van der Waals surface area contributed by atoms with E-state index in [1.54, 1.807) is 36.4 Å². The molecule has 0 unspecified atom stereocenters. The first-order valence-electron chi connectivity index (χ1n) is 9.88. The van der Waals surface area contributed by atoms with Gasteiger partial charge in [-0.1, -0.05) is 39.1 Å². The minimum Gasteiger partial charge on any atom is -0.421 e. The fraction of sp³-hybridized carbons (Fsp3) is 0. The van der Waals surface area contributed by atoms with E-state index in [0.717, 1.165) is 8.47 Å². The van der Waals surface area contributed by atoms with Crippen molar-refractivity contribution in [1.82, 2.24) is 5.32 Å². The number of amides is 4. The smallest absolute Gasteiger partial charge is 0.345 e. The normalized spacial score (nSPS) is 14.8. The molecule has 3 aromatic carbocycles. The lowest BCUT2D eigenvalue weighted by molar-refractivity contribution is -0.122. The molecule has 4 rings (SSSR count). The van der Waals surface area contributed by atoms with E-state index in [4.69, 9.17) is 27.9 Å². The summed E-state index contributed by atoms with van der Waals surface area (Å²) in [5, 5.41) is 2.61. The first-order chi connectivity index (χ1) is 17.0. The molecule has 0 atom stereocenters. The van der Waals surface area contributed by atoms with Crippen molar-refractivity contribution in [2.75, 3.05) is 4.90 Å². The van der Waals surface area contributed by atoms with Gasteiger partial charge in [-0.15, -0.1) is 0 Å². The molecular weight excluding hydrogens is 754 g/mol. The third-order valence-electron chi connectivity index (χ3n) is 4.87. The van der Waals surface area contributed by atoms with Gasteiger partial charge in [-0.25, -0.2) is 14.5 Å². The minimum absolute atomic E-state index is 0.0278. The monoisotopic (exact) mass is 762 g/mol. The molecule has 0 bridgehead atoms. The summed E-state index contributed by atoms with van der Waals surface area (Å²) in [6.07, 6.45) is 1.24. The van der Waals surface area contributed by atoms with Gasteiger partial charge in [-0.3, -0.25) is 14.9 Å². The van der Waals surface area contributed by atoms with E-state index in [9.17, 15) is 19.2 Å². The van der Waals surface area contributed by atoms with E-state index in [1.165, 1.54) is 24.3 Å². The molecule has 0 radical (unpaired) electrons. The highest BCUT2D eigenvalue weighted by Gasteiger charge is 2.37. The maximum atomic E-state index is 13.3. The van der Waals surface area contributed by atoms with Crippen LogP contribution in [0.2, 0.25) is 10.0 Å². The van der Waals surface area contributed by atoms with E-state index in [2.05, 4.69) is 59.8 Å². The second-order valence-corrected chi connectivity index (χ2v) is 11.1. The quantitative estimate of drug-likeness (QED) is 0.102. The van der Waals surface area contributed by atoms with Gasteiger partial charge in [0.2, 0.25) is 0 Å². The number of nitrogens with one attached hydrogen (secondary N) is 1. The standard InChI is InChI=1S/C24H11Br2Cl2IN2O5/c25-12-7-11(20(18(26)9-12)36-23(34)16-6-1-13(27)10-19(16)28)8-17-21(32)30-24(35)31(22(17)33)15-4-2-14(29)3-5-15/h1-10H,(H,30,32,35)/b17-8-. The zero-order valence-corrected chi connectivity index (χ0v) is 24.5. The molecule has 12 heteroatoms. The third-order valence-corrected chi connectivity index (χ3v) is 7.18. The van der Waals surface area contributed by atoms with E-state index < -0.39 is 23.8 Å². The van der Waals surface area contributed by atoms with Gasteiger partial charge in [0, 0.05) is 18.6 Å². The molecule has 0 aromatic heterocycles. The van der Waals surface area contributed by atoms with Crippen molar-refractivity contribution in [3.8, 4) is 5.75 Å². The van der Waals surface area contributed by atoms with Crippen LogP contribution in [-0.2, 0) is 9.59 Å². The van der Waals surface area contributed by atoms with Crippen LogP contribution in [0.1, 0.15) is 15.9 Å². The van der Waals surface area contributed by atoms with Crippen LogP contribution in [0.3, 0.4) is 0 Å². The fourth-order valence-corrected chi connectivity index (χ4v) is 5.42. The molecular formula is C24H11Br2Cl2IN2O5. The Bertz CT molecular complexity index is 1480. The van der Waals surface area contributed by atoms with Crippen LogP contribution < -0.4 is 15.0 Å². The number of halogens is 5. The van der Waals surface area contributed by atoms with E-state index in [-0.39, 0.29) is 33.2 Å². The van der Waals surface area contributed by atoms with Crippen LogP contribution in [0.25, 0.3) is 6.08 Å². The van der Waals surface area contributed by atoms with Gasteiger partial charge in [-0.05, 0) is 99.2 Å². The van der Waals surface area contributed by atoms with Gasteiger partial charge in [0.05, 0.1) is 20.7 Å². The van der Waals surface area contributed by atoms with Gasteiger partial charge in [0.25, 0.3) is 11.8 Å². The molecule has 1 saturated heterocycles. The van der Waals surface area contributed by atoms with Crippen molar-refractivity contribution in [3.63, 3.8) is 0 Å². The molecule has 36 heavy (non-hydrogen) atoms. The first-order valence-corrected chi connectivity index (χ1v) is 13.3. The second-order valence-electron chi connectivity index (χ2n) is 7.25. The number of hydrogen-bond acceptors (Lipinski definition) is 5. The molecule has 7 nitrogen and oxygen atoms in total. The molecule has 4 amide bonds. The number of rotatable bonds is 4. The first kappa shape index (κ1) is 26.8. The molecule has 0 spiro atoms. The largest absolute Gasteiger partial charge is 0.421 e. The number of carbonyl (C=O) groups is 4. The molecule has 1 heterocycles. The summed E-state index contributed by atoms with van der Waals surface area (Å²) in [6.45, 7) is 0. The lowest BCUT2D eigenvalue weighted by Gasteiger charge is -2.26. The number of carbonyl (C=O) groups excluding carboxylic acids is 4. The topological polar surface area (TPSA) is 92.8 Å². The third kappa shape index (κ3) is 5.67. The Hall–Kier alpha value is -2.25. The van der Waals surface area contributed by atoms with Crippen molar-refractivity contribution in [2.45, 2.75) is 0 Å². The molecule has 1 N–H and O–H groups in total. The Labute approximate surface area is 245 Å². The van der Waals surface area contributed by atoms with E-state index in [0.29, 0.717) is 14.0 Å². The molecule has 1 aliphatic heterocycles. The van der Waals surface area contributed by atoms with Crippen molar-refractivity contribution in [3.05, 3.63) is 93.9 Å². The van der Waals surface area contributed by atoms with Gasteiger partial charge in [0.15, 0.2) is 5.75 Å². The number of anilines is 1. The average molecular weight is 765 g/mol. The van der Waals surface area contributed by atoms with Crippen molar-refractivity contribution in [2.24, 2.45) is 0 Å². The minimum atomic E-state index is -0.888. The highest BCUT2D eigenvalue weighted by molar-refractivity contribution is 14.1. The number of esters is 1. The summed E-state index contributed by atoms with van der Waals surface area (Å²) < 4.78 is 7.42. The van der Waals surface area contributed by atoms with Gasteiger partial charge >= 0.3 is 12.0 Å². The van der Waals surface area contributed by atoms with E-state index >= 15 is 0 Å². The van der Waals surface area contributed by atoms with Crippen molar-refractivity contribution >= 4 is 113 Å². The maximum Gasteiger partial charge on any atom is 0.345 e. The Morgan fingerprint density at radius 2 is 1.69 bits per heavy atom. The van der Waals surface area contributed by atoms with Crippen LogP contribution in [-0.4, -0.2) is 23.8 Å². The van der Waals surface area contributed by atoms with E-state index in [1.807, 2.05) is 0 Å². The lowest BCUT2D eigenvalue weighted by atomic mass is 10.1. The maximum absolute atomic E-state index is 13.3. The zero-order valence-electron chi connectivity index (χ0n) is 17.7. The number of imide groups is 2. The van der Waals surface area contributed by atoms with Crippen LogP contribution in [0.5, 0.6) is 5.75 Å².